The number of aromatic nitrogens is 2. The van der Waals surface area contributed by atoms with Gasteiger partial charge in [-0.1, -0.05) is 17.3 Å². The lowest BCUT2D eigenvalue weighted by atomic mass is 10.1. The van der Waals surface area contributed by atoms with Gasteiger partial charge in [-0.2, -0.15) is 18.2 Å². The minimum atomic E-state index is -4.67. The average molecular weight is 287 g/mol. The van der Waals surface area contributed by atoms with Crippen LogP contribution in [0.3, 0.4) is 0 Å². The fourth-order valence-electron chi connectivity index (χ4n) is 1.45. The Morgan fingerprint density at radius 1 is 1.30 bits per heavy atom. The van der Waals surface area contributed by atoms with Gasteiger partial charge in [-0.3, -0.25) is 5.32 Å². The van der Waals surface area contributed by atoms with Gasteiger partial charge >= 0.3 is 18.2 Å². The summed E-state index contributed by atoms with van der Waals surface area (Å²) in [5.41, 5.74) is 0.973. The van der Waals surface area contributed by atoms with Crippen LogP contribution in [0, 0.1) is 0 Å². The van der Waals surface area contributed by atoms with Crippen molar-refractivity contribution in [3.05, 3.63) is 41.5 Å². The van der Waals surface area contributed by atoms with Gasteiger partial charge in [-0.05, 0) is 17.7 Å². The summed E-state index contributed by atoms with van der Waals surface area (Å²) in [5.74, 6) is -1.49. The molecule has 2 aromatic rings. The van der Waals surface area contributed by atoms with E-state index in [1.165, 1.54) is 12.1 Å². The van der Waals surface area contributed by atoms with E-state index in [9.17, 15) is 18.0 Å². The van der Waals surface area contributed by atoms with Crippen LogP contribution < -0.4 is 5.32 Å². The Kier molecular flexibility index (Phi) is 3.59. The predicted molar refractivity (Wildman–Crippen MR) is 60.2 cm³/mol. The Hall–Kier alpha value is -2.58. The van der Waals surface area contributed by atoms with E-state index in [0.717, 1.165) is 0 Å². The van der Waals surface area contributed by atoms with Gasteiger partial charge in [0.15, 0.2) is 5.82 Å². The molecule has 1 aromatic carbocycles. The number of carboxylic acid groups (broad SMARTS) is 1. The van der Waals surface area contributed by atoms with E-state index in [2.05, 4.69) is 20.0 Å². The molecule has 0 fully saturated rings. The number of nitrogens with one attached hydrogen (secondary N) is 1. The van der Waals surface area contributed by atoms with E-state index >= 15 is 0 Å². The molecule has 0 aliphatic rings. The minimum absolute atomic E-state index is 0.0485. The van der Waals surface area contributed by atoms with Crippen LogP contribution in [-0.2, 0) is 12.6 Å². The second-order valence-corrected chi connectivity index (χ2v) is 3.82. The summed E-state index contributed by atoms with van der Waals surface area (Å²) in [6.45, 7) is 0. The van der Waals surface area contributed by atoms with E-state index in [-0.39, 0.29) is 12.2 Å². The summed E-state index contributed by atoms with van der Waals surface area (Å²) in [5, 5.41) is 13.9. The van der Waals surface area contributed by atoms with Crippen molar-refractivity contribution in [3.63, 3.8) is 0 Å². The smallest absolute Gasteiger partial charge is 0.465 e. The van der Waals surface area contributed by atoms with Crippen molar-refractivity contribution >= 4 is 11.8 Å². The second kappa shape index (κ2) is 5.19. The zero-order valence-corrected chi connectivity index (χ0v) is 9.81. The first-order valence-electron chi connectivity index (χ1n) is 5.33. The minimum Gasteiger partial charge on any atom is -0.465 e. The number of nitrogens with zero attached hydrogens (tertiary/aromatic N) is 2. The molecule has 0 spiro atoms. The number of hydrogen-bond acceptors (Lipinski definition) is 4. The quantitative estimate of drug-likeness (QED) is 0.906. The maximum absolute atomic E-state index is 12.3. The van der Waals surface area contributed by atoms with Crippen LogP contribution in [-0.4, -0.2) is 21.3 Å². The van der Waals surface area contributed by atoms with Crippen molar-refractivity contribution in [2.45, 2.75) is 12.6 Å². The fraction of sp³-hybridized carbons (Fsp3) is 0.182. The van der Waals surface area contributed by atoms with E-state index in [0.29, 0.717) is 11.3 Å². The van der Waals surface area contributed by atoms with Gasteiger partial charge in [0.05, 0.1) is 0 Å². The number of hydrogen-bond donors (Lipinski definition) is 2. The molecule has 0 atom stereocenters. The molecule has 6 nitrogen and oxygen atoms in total. The normalized spacial score (nSPS) is 11.3. The second-order valence-electron chi connectivity index (χ2n) is 3.82. The lowest BCUT2D eigenvalue weighted by Crippen LogP contribution is -2.07. The molecule has 0 aliphatic heterocycles. The molecule has 1 aromatic heterocycles. The largest absolute Gasteiger partial charge is 0.471 e. The Morgan fingerprint density at radius 2 is 1.95 bits per heavy atom. The predicted octanol–water partition coefficient (Wildman–Crippen LogP) is 2.77. The molecular formula is C11H8F3N3O3. The Morgan fingerprint density at radius 3 is 2.45 bits per heavy atom. The molecule has 2 N–H and O–H groups in total. The van der Waals surface area contributed by atoms with Gasteiger partial charge in [0.2, 0.25) is 0 Å². The van der Waals surface area contributed by atoms with Crippen LogP contribution in [0.15, 0.2) is 28.8 Å². The molecule has 9 heteroatoms. The number of amides is 1. The van der Waals surface area contributed by atoms with Crippen LogP contribution in [0.25, 0.3) is 0 Å². The van der Waals surface area contributed by atoms with Crippen molar-refractivity contribution < 1.29 is 27.6 Å². The topological polar surface area (TPSA) is 88.2 Å². The van der Waals surface area contributed by atoms with Gasteiger partial charge in [0, 0.05) is 12.1 Å². The summed E-state index contributed by atoms with van der Waals surface area (Å²) in [6, 6.07) is 6.06. The molecular weight excluding hydrogens is 279 g/mol. The number of anilines is 1. The van der Waals surface area contributed by atoms with E-state index in [1.807, 2.05) is 0 Å². The third-order valence-electron chi connectivity index (χ3n) is 2.28. The van der Waals surface area contributed by atoms with Crippen LogP contribution >= 0.6 is 0 Å². The SMILES string of the molecule is O=C(O)Nc1ccc(Cc2noc(C(F)(F)F)n2)cc1. The fourth-order valence-corrected chi connectivity index (χ4v) is 1.45. The molecule has 20 heavy (non-hydrogen) atoms. The first kappa shape index (κ1) is 13.8. The van der Waals surface area contributed by atoms with Crippen LogP contribution in [0.5, 0.6) is 0 Å². The van der Waals surface area contributed by atoms with Crippen LogP contribution in [0.4, 0.5) is 23.7 Å². The number of carbonyl (C=O) groups is 1. The van der Waals surface area contributed by atoms with Crippen molar-refractivity contribution in [2.24, 2.45) is 0 Å². The Balaban J connectivity index is 2.06. The van der Waals surface area contributed by atoms with Crippen LogP contribution in [0.2, 0.25) is 0 Å². The maximum atomic E-state index is 12.3. The summed E-state index contributed by atoms with van der Waals surface area (Å²) in [4.78, 5) is 13.6. The van der Waals surface area contributed by atoms with Crippen molar-refractivity contribution in [2.75, 3.05) is 5.32 Å². The van der Waals surface area contributed by atoms with Gasteiger partial charge in [-0.25, -0.2) is 4.79 Å². The molecule has 0 unspecified atom stereocenters. The first-order valence-corrected chi connectivity index (χ1v) is 5.33. The van der Waals surface area contributed by atoms with Crippen molar-refractivity contribution in [3.8, 4) is 0 Å². The molecule has 2 rings (SSSR count). The molecule has 0 aliphatic carbocycles. The molecule has 0 saturated heterocycles. The molecule has 0 saturated carbocycles. The summed E-state index contributed by atoms with van der Waals surface area (Å²) in [6.07, 6.45) is -5.82. The zero-order valence-electron chi connectivity index (χ0n) is 9.81. The zero-order chi connectivity index (χ0) is 14.8. The Labute approximate surface area is 110 Å². The van der Waals surface area contributed by atoms with Gasteiger partial charge < -0.3 is 9.63 Å². The molecule has 106 valence electrons. The third-order valence-corrected chi connectivity index (χ3v) is 2.28. The molecule has 0 radical (unpaired) electrons. The summed E-state index contributed by atoms with van der Waals surface area (Å²) >= 11 is 0. The molecule has 0 bridgehead atoms. The lowest BCUT2D eigenvalue weighted by molar-refractivity contribution is -0.159. The van der Waals surface area contributed by atoms with Gasteiger partial charge in [0.1, 0.15) is 0 Å². The highest BCUT2D eigenvalue weighted by molar-refractivity contribution is 5.82. The lowest BCUT2D eigenvalue weighted by Gasteiger charge is -2.01. The van der Waals surface area contributed by atoms with Crippen molar-refractivity contribution in [1.29, 1.82) is 0 Å². The number of halogens is 3. The van der Waals surface area contributed by atoms with Crippen LogP contribution in [0.1, 0.15) is 17.3 Å². The highest BCUT2D eigenvalue weighted by atomic mass is 19.4. The van der Waals surface area contributed by atoms with Gasteiger partial charge in [-0.15, -0.1) is 0 Å². The third kappa shape index (κ3) is 3.46. The molecule has 1 amide bonds. The molecule has 1 heterocycles. The van der Waals surface area contributed by atoms with E-state index in [1.54, 1.807) is 12.1 Å². The highest BCUT2D eigenvalue weighted by Gasteiger charge is 2.38. The van der Waals surface area contributed by atoms with E-state index in [4.69, 9.17) is 5.11 Å². The number of benzene rings is 1. The standard InChI is InChI=1S/C11H8F3N3O3/c12-11(13,14)9-16-8(17-20-9)5-6-1-3-7(4-2-6)15-10(18)19/h1-4,15H,5H2,(H,18,19). The maximum Gasteiger partial charge on any atom is 0.471 e. The summed E-state index contributed by atoms with van der Waals surface area (Å²) in [7, 11) is 0. The monoisotopic (exact) mass is 287 g/mol. The Bertz CT molecular complexity index is 607. The van der Waals surface area contributed by atoms with E-state index < -0.39 is 18.2 Å². The average Bonchev–Trinajstić information content (AvgIpc) is 2.79. The van der Waals surface area contributed by atoms with Gasteiger partial charge in [0.25, 0.3) is 0 Å². The first-order chi connectivity index (χ1) is 9.34. The highest BCUT2D eigenvalue weighted by Crippen LogP contribution is 2.27. The summed E-state index contributed by atoms with van der Waals surface area (Å²) < 4.78 is 40.9. The number of alkyl halides is 3. The van der Waals surface area contributed by atoms with Crippen molar-refractivity contribution in [1.82, 2.24) is 10.1 Å². The number of rotatable bonds is 3.